The average molecular weight is 1620 g/mol. The molecule has 0 aliphatic carbocycles. The number of nitrogens with zero attached hydrogens (tertiary/aromatic N) is 23. The van der Waals surface area contributed by atoms with Gasteiger partial charge in [-0.2, -0.15) is 0 Å². The van der Waals surface area contributed by atoms with Gasteiger partial charge in [0, 0.05) is 224 Å². The minimum Gasteiger partial charge on any atom is -0.368 e. The molecule has 0 bridgehead atoms. The molecule has 3 atom stereocenters. The highest BCUT2D eigenvalue weighted by Crippen LogP contribution is 2.32. The van der Waals surface area contributed by atoms with Crippen molar-refractivity contribution in [2.75, 3.05) is 125 Å². The molecule has 612 valence electrons. The molecule has 0 amide bonds. The van der Waals surface area contributed by atoms with Crippen LogP contribution in [0, 0.1) is 51.0 Å². The van der Waals surface area contributed by atoms with Gasteiger partial charge in [0.2, 0.25) is 0 Å². The fourth-order valence-corrected chi connectivity index (χ4v) is 17.7. The Hall–Kier alpha value is -13.0. The number of aromatic nitrogens is 16. The van der Waals surface area contributed by atoms with E-state index in [9.17, 15) is 36.7 Å². The number of imidazole rings is 4. The Balaban J connectivity index is 0.000000106. The van der Waals surface area contributed by atoms with Crippen LogP contribution < -0.4 is 47.2 Å². The van der Waals surface area contributed by atoms with Gasteiger partial charge >= 0.3 is 0 Å². The molecule has 6 aliphatic rings. The van der Waals surface area contributed by atoms with Crippen molar-refractivity contribution in [3.8, 4) is 45.0 Å². The van der Waals surface area contributed by atoms with Crippen LogP contribution in [0.2, 0.25) is 0 Å². The van der Waals surface area contributed by atoms with E-state index < -0.39 is 23.3 Å². The highest BCUT2D eigenvalue weighted by atomic mass is 19.1. The lowest BCUT2D eigenvalue weighted by Crippen LogP contribution is -2.50. The molecule has 6 saturated heterocycles. The fraction of sp³-hybridized carbons (Fsp3) is 0.318. The summed E-state index contributed by atoms with van der Waals surface area (Å²) in [6.45, 7) is 24.4. The lowest BCUT2D eigenvalue weighted by atomic mass is 10.1. The SMILES string of the molecule is Cc1cn2cc(-c3cc(=O)n4cc(N5CCN(C)CC5)ccc4n3)cc(F)c2n1.Cc1cn2cc(-c3cc(=O)n4cc(N5CCN6CCC[C@@H]6C5)ccc4n3)cc(F)c2n1.Cc1cn2cc(-c3cc(=O)n4cc(N5CCN6CCC[C@H]6C5)ccc4n3)cc(F)c2n1.Cc1cn2cc(-c3cc(=O)n4cc(N5CCN[C@H](C)C5)ccc4n3)cc(F)c2n1. The highest BCUT2D eigenvalue weighted by Gasteiger charge is 2.33. The van der Waals surface area contributed by atoms with Crippen LogP contribution in [0.4, 0.5) is 40.3 Å². The van der Waals surface area contributed by atoms with E-state index >= 15 is 0 Å². The maximum atomic E-state index is 14.5. The van der Waals surface area contributed by atoms with Crippen molar-refractivity contribution in [3.63, 3.8) is 0 Å². The largest absolute Gasteiger partial charge is 0.368 e. The average Bonchev–Trinajstić information content (AvgIpc) is 1.61. The topological polar surface area (TPSA) is 241 Å². The van der Waals surface area contributed by atoms with Crippen molar-refractivity contribution in [2.24, 2.45) is 0 Å². The Labute approximate surface area is 684 Å². The van der Waals surface area contributed by atoms with Crippen molar-refractivity contribution in [3.05, 3.63) is 259 Å². The smallest absolute Gasteiger partial charge is 0.258 e. The summed E-state index contributed by atoms with van der Waals surface area (Å²) in [5.41, 5.74) is 13.4. The zero-order chi connectivity index (χ0) is 82.5. The molecule has 6 aliphatic heterocycles. The summed E-state index contributed by atoms with van der Waals surface area (Å²) in [4.78, 5) is 103. The lowest BCUT2D eigenvalue weighted by Gasteiger charge is -2.38. The quantitative estimate of drug-likeness (QED) is 0.139. The predicted molar refractivity (Wildman–Crippen MR) is 454 cm³/mol. The molecule has 6 fully saturated rings. The van der Waals surface area contributed by atoms with E-state index in [1.165, 1.54) is 87.3 Å². The van der Waals surface area contributed by atoms with Crippen LogP contribution in [0.25, 0.3) is 90.2 Å². The lowest BCUT2D eigenvalue weighted by molar-refractivity contribution is 0.231. The summed E-state index contributed by atoms with van der Waals surface area (Å²) in [6, 6.07) is 28.4. The molecular weight excluding hydrogens is 1530 g/mol. The van der Waals surface area contributed by atoms with E-state index in [0.717, 1.165) is 131 Å². The third-order valence-electron chi connectivity index (χ3n) is 23.8. The van der Waals surface area contributed by atoms with E-state index in [0.29, 0.717) is 85.7 Å². The van der Waals surface area contributed by atoms with Crippen molar-refractivity contribution in [1.29, 1.82) is 0 Å². The number of rotatable bonds is 8. The van der Waals surface area contributed by atoms with Gasteiger partial charge in [0.25, 0.3) is 22.2 Å². The zero-order valence-corrected chi connectivity index (χ0v) is 67.3. The van der Waals surface area contributed by atoms with Gasteiger partial charge < -0.3 is 47.4 Å². The first-order valence-electron chi connectivity index (χ1n) is 40.7. The standard InChI is InChI=1S/2C23H23FN6O.2C21H21FN6O/c2*1-15-11-29-12-16(9-19(24)23(29)25-15)20-10-22(31)30-14-18(4-5-21(30)26-20)28-8-7-27-6-2-3-17(27)13-28;1-14-11-27-12-15(9-17(22)21(27)23-14)18-10-20(29)28-13-16(3-4-19(28)24-18)26-7-5-25(2)6-8-26;1-13-9-26(6-5-23-13)16-3-4-19-25-18(8-20(29)28(19)12-16)15-7-17(22)21-24-14(2)10-27(21)11-15/h2*4-5,9-12,14,17H,2-3,6-8,13H2,1H3;3-4,9-13H,5-8H2,1-2H3;3-4,7-8,10-13,23H,5-6,9H2,1-2H3/t2*17-;;13-/m10.1/s1. The van der Waals surface area contributed by atoms with Gasteiger partial charge in [-0.05, 0) is 153 Å². The van der Waals surface area contributed by atoms with Crippen molar-refractivity contribution >= 4 is 67.9 Å². The van der Waals surface area contributed by atoms with Gasteiger partial charge in [0.15, 0.2) is 45.9 Å². The van der Waals surface area contributed by atoms with Crippen LogP contribution in [0.3, 0.4) is 0 Å². The fourth-order valence-electron chi connectivity index (χ4n) is 17.7. The van der Waals surface area contributed by atoms with E-state index in [-0.39, 0.29) is 44.8 Å². The van der Waals surface area contributed by atoms with E-state index in [4.69, 9.17) is 0 Å². The number of anilines is 4. The van der Waals surface area contributed by atoms with Crippen molar-refractivity contribution in [2.45, 2.75) is 78.4 Å². The number of fused-ring (bicyclic) bond motifs is 10. The Morgan fingerprint density at radius 1 is 0.333 bits per heavy atom. The summed E-state index contributed by atoms with van der Waals surface area (Å²) in [5, 5.41) is 3.41. The zero-order valence-electron chi connectivity index (χ0n) is 67.3. The molecule has 0 spiro atoms. The molecule has 22 rings (SSSR count). The monoisotopic (exact) mass is 1620 g/mol. The van der Waals surface area contributed by atoms with E-state index in [1.807, 2.05) is 101 Å². The van der Waals surface area contributed by atoms with Crippen LogP contribution >= 0.6 is 0 Å². The summed E-state index contributed by atoms with van der Waals surface area (Å²) >= 11 is 0. The first-order chi connectivity index (χ1) is 58.0. The third-order valence-corrected chi connectivity index (χ3v) is 23.8. The third kappa shape index (κ3) is 15.2. The normalized spacial score (nSPS) is 18.0. The maximum absolute atomic E-state index is 14.5. The minimum absolute atomic E-state index is 0.177. The number of nitrogens with one attached hydrogen (secondary N) is 1. The van der Waals surface area contributed by atoms with Gasteiger partial charge in [-0.1, -0.05) is 0 Å². The number of halogens is 4. The molecule has 0 unspecified atom stereocenters. The van der Waals surface area contributed by atoms with Crippen LogP contribution in [-0.2, 0) is 0 Å². The van der Waals surface area contributed by atoms with Crippen LogP contribution in [0.5, 0.6) is 0 Å². The first-order valence-corrected chi connectivity index (χ1v) is 40.7. The van der Waals surface area contributed by atoms with Crippen LogP contribution in [0.1, 0.15) is 55.4 Å². The Bertz CT molecular complexity index is 6770. The second-order valence-corrected chi connectivity index (χ2v) is 32.3. The molecule has 16 aromatic heterocycles. The maximum Gasteiger partial charge on any atom is 0.258 e. The highest BCUT2D eigenvalue weighted by molar-refractivity contribution is 5.69. The van der Waals surface area contributed by atoms with Gasteiger partial charge in [-0.15, -0.1) is 0 Å². The number of piperazine rings is 4. The van der Waals surface area contributed by atoms with Gasteiger partial charge in [-0.25, -0.2) is 57.4 Å². The Morgan fingerprint density at radius 3 is 0.950 bits per heavy atom. The molecular formula is C88H88F4N24O4. The molecule has 22 heterocycles. The molecule has 0 aromatic carbocycles. The molecule has 28 nitrogen and oxygen atoms in total. The molecule has 32 heteroatoms. The molecule has 0 radical (unpaired) electrons. The summed E-state index contributed by atoms with van der Waals surface area (Å²) in [7, 11) is 2.11. The van der Waals surface area contributed by atoms with Crippen molar-refractivity contribution < 1.29 is 17.6 Å². The Kier molecular flexibility index (Phi) is 20.1. The summed E-state index contributed by atoms with van der Waals surface area (Å²) in [5.74, 6) is -1.76. The molecule has 16 aromatic rings. The number of likely N-dealkylation sites (N-methyl/N-ethyl adjacent to an activating group) is 1. The van der Waals surface area contributed by atoms with Crippen LogP contribution in [0.15, 0.2) is 191 Å². The first kappa shape index (κ1) is 76.9. The van der Waals surface area contributed by atoms with Gasteiger partial charge in [-0.3, -0.25) is 46.6 Å². The van der Waals surface area contributed by atoms with Gasteiger partial charge in [0.1, 0.15) is 22.6 Å². The molecule has 120 heavy (non-hydrogen) atoms. The van der Waals surface area contributed by atoms with E-state index in [1.54, 1.807) is 84.8 Å². The Morgan fingerprint density at radius 2 is 0.633 bits per heavy atom. The number of pyridine rings is 8. The molecule has 1 N–H and O–H groups in total. The second kappa shape index (κ2) is 31.4. The summed E-state index contributed by atoms with van der Waals surface area (Å²) < 4.78 is 70.7. The number of aryl methyl sites for hydroxylation is 4. The minimum atomic E-state index is -0.444. The van der Waals surface area contributed by atoms with Crippen LogP contribution in [-0.4, -0.2) is 213 Å². The molecule has 0 saturated carbocycles. The number of hydrogen-bond acceptors (Lipinski definition) is 20. The number of hydrogen-bond donors (Lipinski definition) is 1. The van der Waals surface area contributed by atoms with Crippen molar-refractivity contribution in [1.82, 2.24) is 95.1 Å². The van der Waals surface area contributed by atoms with E-state index in [2.05, 4.69) is 93.5 Å². The van der Waals surface area contributed by atoms with Gasteiger partial charge in [0.05, 0.1) is 68.3 Å². The summed E-state index contributed by atoms with van der Waals surface area (Å²) in [6.07, 6.45) is 26.5. The predicted octanol–water partition coefficient (Wildman–Crippen LogP) is 9.95. The second-order valence-electron chi connectivity index (χ2n) is 32.3.